The van der Waals surface area contributed by atoms with Crippen LogP contribution in [0, 0.1) is 0 Å². The number of nitrogens with one attached hydrogen (secondary N) is 1. The van der Waals surface area contributed by atoms with Crippen LogP contribution in [0.4, 0.5) is 11.4 Å². The van der Waals surface area contributed by atoms with Crippen molar-refractivity contribution in [1.82, 2.24) is 0 Å². The molecule has 4 N–H and O–H groups in total. The van der Waals surface area contributed by atoms with E-state index in [0.717, 1.165) is 0 Å². The van der Waals surface area contributed by atoms with E-state index in [1.165, 1.54) is 13.0 Å². The fourth-order valence-electron chi connectivity index (χ4n) is 1.91. The molecular weight excluding hydrogens is 232 g/mol. The number of carbonyl (C=O) groups is 2. The molecule has 5 nitrogen and oxygen atoms in total. The van der Waals surface area contributed by atoms with Crippen molar-refractivity contribution in [3.63, 3.8) is 0 Å². The first-order valence-electron chi connectivity index (χ1n) is 5.33. The first kappa shape index (κ1) is 11.9. The van der Waals surface area contributed by atoms with Gasteiger partial charge in [-0.15, -0.1) is 0 Å². The molecule has 5 heteroatoms. The van der Waals surface area contributed by atoms with Crippen LogP contribution in [0.15, 0.2) is 30.3 Å². The fraction of sp³-hybridized carbons (Fsp3) is 0.0769. The van der Waals surface area contributed by atoms with E-state index in [-0.39, 0.29) is 17.2 Å². The minimum Gasteiger partial charge on any atom is -0.478 e. The SMILES string of the molecule is CC(=O)Nc1cccc2c(C(=O)O)c(N)ccc12. The Kier molecular flexibility index (Phi) is 2.89. The minimum absolute atomic E-state index is 0.0553. The van der Waals surface area contributed by atoms with Crippen molar-refractivity contribution in [2.45, 2.75) is 6.92 Å². The van der Waals surface area contributed by atoms with Crippen LogP contribution >= 0.6 is 0 Å². The third-order valence-electron chi connectivity index (χ3n) is 2.62. The molecule has 0 aliphatic heterocycles. The number of carbonyl (C=O) groups excluding carboxylic acids is 1. The van der Waals surface area contributed by atoms with E-state index >= 15 is 0 Å². The van der Waals surface area contributed by atoms with E-state index in [0.29, 0.717) is 16.5 Å². The van der Waals surface area contributed by atoms with E-state index in [4.69, 9.17) is 10.8 Å². The summed E-state index contributed by atoms with van der Waals surface area (Å²) in [6.07, 6.45) is 0. The number of rotatable bonds is 2. The van der Waals surface area contributed by atoms with Crippen molar-refractivity contribution in [2.24, 2.45) is 0 Å². The number of carboxylic acid groups (broad SMARTS) is 1. The van der Waals surface area contributed by atoms with Crippen LogP contribution in [0.3, 0.4) is 0 Å². The summed E-state index contributed by atoms with van der Waals surface area (Å²) in [5.41, 5.74) is 6.50. The first-order chi connectivity index (χ1) is 8.50. The van der Waals surface area contributed by atoms with Crippen molar-refractivity contribution in [3.8, 4) is 0 Å². The number of hydrogen-bond acceptors (Lipinski definition) is 3. The Morgan fingerprint density at radius 3 is 2.50 bits per heavy atom. The van der Waals surface area contributed by atoms with Crippen molar-refractivity contribution < 1.29 is 14.7 Å². The normalized spacial score (nSPS) is 10.3. The molecule has 0 aromatic heterocycles. The lowest BCUT2D eigenvalue weighted by Gasteiger charge is -2.10. The van der Waals surface area contributed by atoms with Crippen molar-refractivity contribution in [2.75, 3.05) is 11.1 Å². The summed E-state index contributed by atoms with van der Waals surface area (Å²) in [6, 6.07) is 8.28. The second-order valence-electron chi connectivity index (χ2n) is 3.92. The molecule has 0 heterocycles. The molecule has 1 amide bonds. The van der Waals surface area contributed by atoms with E-state index in [1.807, 2.05) is 0 Å². The molecule has 0 aliphatic rings. The van der Waals surface area contributed by atoms with Crippen LogP contribution in [-0.4, -0.2) is 17.0 Å². The van der Waals surface area contributed by atoms with Gasteiger partial charge in [0.25, 0.3) is 0 Å². The maximum Gasteiger partial charge on any atom is 0.338 e. The molecule has 0 atom stereocenters. The van der Waals surface area contributed by atoms with Crippen LogP contribution in [0.1, 0.15) is 17.3 Å². The number of amides is 1. The van der Waals surface area contributed by atoms with Gasteiger partial charge in [0.1, 0.15) is 0 Å². The highest BCUT2D eigenvalue weighted by Gasteiger charge is 2.14. The highest BCUT2D eigenvalue weighted by Crippen LogP contribution is 2.29. The Balaban J connectivity index is 2.76. The average molecular weight is 244 g/mol. The van der Waals surface area contributed by atoms with Gasteiger partial charge in [0, 0.05) is 29.1 Å². The lowest BCUT2D eigenvalue weighted by molar-refractivity contribution is -0.114. The van der Waals surface area contributed by atoms with Gasteiger partial charge in [-0.25, -0.2) is 4.79 Å². The van der Waals surface area contributed by atoms with Gasteiger partial charge in [0.15, 0.2) is 0 Å². The van der Waals surface area contributed by atoms with Crippen LogP contribution in [0.2, 0.25) is 0 Å². The van der Waals surface area contributed by atoms with Gasteiger partial charge in [-0.2, -0.15) is 0 Å². The molecular formula is C13H12N2O3. The summed E-state index contributed by atoms with van der Waals surface area (Å²) in [5, 5.41) is 13.0. The predicted octanol–water partition coefficient (Wildman–Crippen LogP) is 2.08. The summed E-state index contributed by atoms with van der Waals surface area (Å²) in [6.45, 7) is 1.40. The molecule has 0 fully saturated rings. The van der Waals surface area contributed by atoms with Gasteiger partial charge in [-0.3, -0.25) is 4.79 Å². The third-order valence-corrected chi connectivity index (χ3v) is 2.62. The van der Waals surface area contributed by atoms with Gasteiger partial charge in [0.05, 0.1) is 5.56 Å². The first-order valence-corrected chi connectivity index (χ1v) is 5.33. The van der Waals surface area contributed by atoms with Crippen molar-refractivity contribution in [3.05, 3.63) is 35.9 Å². The van der Waals surface area contributed by atoms with Crippen LogP contribution in [-0.2, 0) is 4.79 Å². The number of hydrogen-bond donors (Lipinski definition) is 3. The number of carboxylic acids is 1. The summed E-state index contributed by atoms with van der Waals surface area (Å²) >= 11 is 0. The quantitative estimate of drug-likeness (QED) is 0.705. The van der Waals surface area contributed by atoms with Gasteiger partial charge in [-0.05, 0) is 12.1 Å². The summed E-state index contributed by atoms with van der Waals surface area (Å²) in [7, 11) is 0. The molecule has 2 rings (SSSR count). The van der Waals surface area contributed by atoms with E-state index in [2.05, 4.69) is 5.32 Å². The monoisotopic (exact) mass is 244 g/mol. The van der Waals surface area contributed by atoms with E-state index < -0.39 is 5.97 Å². The average Bonchev–Trinajstić information content (AvgIpc) is 2.27. The topological polar surface area (TPSA) is 92.4 Å². The molecule has 0 saturated carbocycles. The third kappa shape index (κ3) is 1.98. The van der Waals surface area contributed by atoms with Crippen LogP contribution < -0.4 is 11.1 Å². The van der Waals surface area contributed by atoms with Gasteiger partial charge in [0.2, 0.25) is 5.91 Å². The molecule has 0 bridgehead atoms. The largest absolute Gasteiger partial charge is 0.478 e. The standard InChI is InChI=1S/C13H12N2O3/c1-7(16)15-11-4-2-3-9-8(11)5-6-10(14)12(9)13(17)18/h2-6H,14H2,1H3,(H,15,16)(H,17,18). The number of nitrogen functional groups attached to an aromatic ring is 1. The number of fused-ring (bicyclic) bond motifs is 1. The van der Waals surface area contributed by atoms with Crippen LogP contribution in [0.25, 0.3) is 10.8 Å². The zero-order valence-electron chi connectivity index (χ0n) is 9.73. The molecule has 0 spiro atoms. The number of aromatic carboxylic acids is 1. The predicted molar refractivity (Wildman–Crippen MR) is 69.6 cm³/mol. The molecule has 0 saturated heterocycles. The second-order valence-corrected chi connectivity index (χ2v) is 3.92. The number of benzene rings is 2. The second kappa shape index (κ2) is 4.37. The van der Waals surface area contributed by atoms with Gasteiger partial charge >= 0.3 is 5.97 Å². The highest BCUT2D eigenvalue weighted by atomic mass is 16.4. The van der Waals surface area contributed by atoms with Gasteiger partial charge < -0.3 is 16.2 Å². The molecule has 0 aliphatic carbocycles. The molecule has 2 aromatic rings. The van der Waals surface area contributed by atoms with Crippen molar-refractivity contribution in [1.29, 1.82) is 0 Å². The minimum atomic E-state index is -1.09. The summed E-state index contributed by atoms with van der Waals surface area (Å²) in [4.78, 5) is 22.3. The van der Waals surface area contributed by atoms with Gasteiger partial charge in [-0.1, -0.05) is 18.2 Å². The zero-order chi connectivity index (χ0) is 13.3. The molecule has 0 unspecified atom stereocenters. The summed E-state index contributed by atoms with van der Waals surface area (Å²) in [5.74, 6) is -1.30. The Morgan fingerprint density at radius 1 is 1.17 bits per heavy atom. The number of anilines is 2. The lowest BCUT2D eigenvalue weighted by Crippen LogP contribution is -2.08. The molecule has 92 valence electrons. The number of nitrogens with two attached hydrogens (primary N) is 1. The zero-order valence-corrected chi connectivity index (χ0v) is 9.73. The Morgan fingerprint density at radius 2 is 1.89 bits per heavy atom. The Labute approximate surface area is 103 Å². The molecule has 18 heavy (non-hydrogen) atoms. The lowest BCUT2D eigenvalue weighted by atomic mass is 10.0. The maximum atomic E-state index is 11.2. The molecule has 2 aromatic carbocycles. The highest BCUT2D eigenvalue weighted by molar-refractivity contribution is 6.12. The van der Waals surface area contributed by atoms with E-state index in [1.54, 1.807) is 24.3 Å². The summed E-state index contributed by atoms with van der Waals surface area (Å²) < 4.78 is 0. The van der Waals surface area contributed by atoms with Crippen molar-refractivity contribution >= 4 is 34.0 Å². The molecule has 0 radical (unpaired) electrons. The Hall–Kier alpha value is -2.56. The van der Waals surface area contributed by atoms with Crippen LogP contribution in [0.5, 0.6) is 0 Å². The Bertz CT molecular complexity index is 650. The maximum absolute atomic E-state index is 11.2. The van der Waals surface area contributed by atoms with E-state index in [9.17, 15) is 9.59 Å². The fourth-order valence-corrected chi connectivity index (χ4v) is 1.91. The smallest absolute Gasteiger partial charge is 0.338 e.